The molecule has 118 valence electrons. The Labute approximate surface area is 131 Å². The number of hydrogen-bond donors (Lipinski definition) is 0. The van der Waals surface area contributed by atoms with E-state index in [1.807, 2.05) is 11.8 Å². The highest BCUT2D eigenvalue weighted by Crippen LogP contribution is 2.07. The second kappa shape index (κ2) is 7.80. The number of carbonyl (C=O) groups is 1. The van der Waals surface area contributed by atoms with E-state index in [1.165, 1.54) is 5.69 Å². The van der Waals surface area contributed by atoms with Gasteiger partial charge in [0.05, 0.1) is 12.2 Å². The molecular weight excluding hydrogens is 288 g/mol. The lowest BCUT2D eigenvalue weighted by Gasteiger charge is -2.34. The Hall–Kier alpha value is -1.07. The average molecular weight is 313 g/mol. The van der Waals surface area contributed by atoms with Crippen molar-refractivity contribution in [3.63, 3.8) is 0 Å². The molecule has 0 spiro atoms. The van der Waals surface area contributed by atoms with Gasteiger partial charge in [-0.1, -0.05) is 0 Å². The second-order valence-electron chi connectivity index (χ2n) is 5.67. The van der Waals surface area contributed by atoms with Crippen LogP contribution in [0.3, 0.4) is 0 Å². The number of carbonyl (C=O) groups excluding carboxylic acids is 1. The van der Waals surface area contributed by atoms with Crippen LogP contribution < -0.4 is 0 Å². The topological polar surface area (TPSA) is 41.4 Å². The number of piperazine rings is 1. The summed E-state index contributed by atoms with van der Waals surface area (Å²) in [6, 6.07) is 2.10. The zero-order chi connectivity index (χ0) is 15.2. The van der Waals surface area contributed by atoms with E-state index in [0.717, 1.165) is 51.4 Å². The lowest BCUT2D eigenvalue weighted by atomic mass is 10.2. The van der Waals surface area contributed by atoms with Crippen molar-refractivity contribution < 1.29 is 4.79 Å². The molecule has 2 rings (SSSR count). The number of nitrogens with zero attached hydrogens (tertiary/aromatic N) is 4. The third kappa shape index (κ3) is 4.71. The van der Waals surface area contributed by atoms with Gasteiger partial charge in [0.15, 0.2) is 0 Å². The summed E-state index contributed by atoms with van der Waals surface area (Å²) in [5.41, 5.74) is 2.28. The van der Waals surface area contributed by atoms with Gasteiger partial charge < -0.3 is 4.90 Å². The SMILES string of the molecule is Cc1cc(C)n(CCN2CCN(C(=O)CCCCl)CC2)n1. The van der Waals surface area contributed by atoms with Crippen LogP contribution >= 0.6 is 11.6 Å². The Morgan fingerprint density at radius 3 is 2.52 bits per heavy atom. The Morgan fingerprint density at radius 1 is 1.24 bits per heavy atom. The van der Waals surface area contributed by atoms with Crippen LogP contribution in [0.4, 0.5) is 0 Å². The molecule has 0 radical (unpaired) electrons. The van der Waals surface area contributed by atoms with E-state index in [1.54, 1.807) is 0 Å². The molecule has 0 atom stereocenters. The summed E-state index contributed by atoms with van der Waals surface area (Å²) in [6.45, 7) is 9.59. The molecule has 0 aliphatic carbocycles. The van der Waals surface area contributed by atoms with Crippen LogP contribution in [0.5, 0.6) is 0 Å². The molecule has 1 amide bonds. The number of aromatic nitrogens is 2. The van der Waals surface area contributed by atoms with E-state index in [9.17, 15) is 4.79 Å². The van der Waals surface area contributed by atoms with Crippen LogP contribution in [0.25, 0.3) is 0 Å². The van der Waals surface area contributed by atoms with Crippen molar-refractivity contribution in [3.8, 4) is 0 Å². The maximum Gasteiger partial charge on any atom is 0.222 e. The van der Waals surface area contributed by atoms with Crippen LogP contribution in [0.2, 0.25) is 0 Å². The summed E-state index contributed by atoms with van der Waals surface area (Å²) >= 11 is 5.63. The highest BCUT2D eigenvalue weighted by atomic mass is 35.5. The zero-order valence-corrected chi connectivity index (χ0v) is 13.8. The second-order valence-corrected chi connectivity index (χ2v) is 6.04. The standard InChI is InChI=1S/C15H25ClN4O/c1-13-12-14(2)20(17-13)11-8-18-6-9-19(10-7-18)15(21)4-3-5-16/h12H,3-11H2,1-2H3. The van der Waals surface area contributed by atoms with E-state index >= 15 is 0 Å². The molecule has 0 saturated carbocycles. The molecule has 1 aliphatic rings. The molecule has 1 aliphatic heterocycles. The Kier molecular flexibility index (Phi) is 6.06. The first kappa shape index (κ1) is 16.3. The molecule has 5 nitrogen and oxygen atoms in total. The molecule has 2 heterocycles. The highest BCUT2D eigenvalue weighted by Gasteiger charge is 2.20. The lowest BCUT2D eigenvalue weighted by molar-refractivity contribution is -0.132. The van der Waals surface area contributed by atoms with Gasteiger partial charge in [0.2, 0.25) is 5.91 Å². The fraction of sp³-hybridized carbons (Fsp3) is 0.733. The minimum absolute atomic E-state index is 0.244. The number of rotatable bonds is 6. The highest BCUT2D eigenvalue weighted by molar-refractivity contribution is 6.17. The maximum absolute atomic E-state index is 11.9. The molecular formula is C15H25ClN4O. The van der Waals surface area contributed by atoms with Gasteiger partial charge in [0.25, 0.3) is 0 Å². The predicted octanol–water partition coefficient (Wildman–Crippen LogP) is 1.66. The van der Waals surface area contributed by atoms with Gasteiger partial charge in [-0.25, -0.2) is 0 Å². The molecule has 0 unspecified atom stereocenters. The number of alkyl halides is 1. The molecule has 0 aromatic carbocycles. The van der Waals surface area contributed by atoms with E-state index in [-0.39, 0.29) is 5.91 Å². The summed E-state index contributed by atoms with van der Waals surface area (Å²) < 4.78 is 2.06. The minimum Gasteiger partial charge on any atom is -0.340 e. The van der Waals surface area contributed by atoms with E-state index in [0.29, 0.717) is 12.3 Å². The minimum atomic E-state index is 0.244. The third-order valence-corrected chi connectivity index (χ3v) is 4.25. The van der Waals surface area contributed by atoms with Gasteiger partial charge in [0.1, 0.15) is 0 Å². The average Bonchev–Trinajstić information content (AvgIpc) is 2.81. The first-order chi connectivity index (χ1) is 10.1. The first-order valence-corrected chi connectivity index (χ1v) is 8.20. The summed E-state index contributed by atoms with van der Waals surface area (Å²) in [6.07, 6.45) is 1.35. The van der Waals surface area contributed by atoms with Crippen molar-refractivity contribution in [1.82, 2.24) is 19.6 Å². The molecule has 1 aromatic heterocycles. The number of aryl methyl sites for hydroxylation is 2. The van der Waals surface area contributed by atoms with Gasteiger partial charge >= 0.3 is 0 Å². The van der Waals surface area contributed by atoms with Crippen molar-refractivity contribution in [2.75, 3.05) is 38.6 Å². The van der Waals surface area contributed by atoms with Crippen molar-refractivity contribution in [1.29, 1.82) is 0 Å². The molecule has 0 N–H and O–H groups in total. The number of halogens is 1. The Morgan fingerprint density at radius 2 is 1.95 bits per heavy atom. The predicted molar refractivity (Wildman–Crippen MR) is 84.7 cm³/mol. The third-order valence-electron chi connectivity index (χ3n) is 3.98. The van der Waals surface area contributed by atoms with Gasteiger partial charge in [0, 0.05) is 50.7 Å². The van der Waals surface area contributed by atoms with Gasteiger partial charge in [-0.2, -0.15) is 5.10 Å². The van der Waals surface area contributed by atoms with Crippen LogP contribution in [-0.4, -0.2) is 64.1 Å². The van der Waals surface area contributed by atoms with Crippen molar-refractivity contribution >= 4 is 17.5 Å². The molecule has 21 heavy (non-hydrogen) atoms. The van der Waals surface area contributed by atoms with Crippen LogP contribution in [0.15, 0.2) is 6.07 Å². The van der Waals surface area contributed by atoms with E-state index in [2.05, 4.69) is 27.7 Å². The monoisotopic (exact) mass is 312 g/mol. The summed E-state index contributed by atoms with van der Waals surface area (Å²) in [5, 5.41) is 4.48. The van der Waals surface area contributed by atoms with E-state index in [4.69, 9.17) is 11.6 Å². The summed E-state index contributed by atoms with van der Waals surface area (Å²) in [4.78, 5) is 16.3. The van der Waals surface area contributed by atoms with Crippen molar-refractivity contribution in [2.24, 2.45) is 0 Å². The maximum atomic E-state index is 11.9. The van der Waals surface area contributed by atoms with Crippen molar-refractivity contribution in [2.45, 2.75) is 33.2 Å². The Balaban J connectivity index is 1.72. The van der Waals surface area contributed by atoms with Crippen LogP contribution in [0.1, 0.15) is 24.2 Å². The quantitative estimate of drug-likeness (QED) is 0.750. The molecule has 1 saturated heterocycles. The van der Waals surface area contributed by atoms with Gasteiger partial charge in [-0.3, -0.25) is 14.4 Å². The Bertz CT molecular complexity index is 466. The summed E-state index contributed by atoms with van der Waals surface area (Å²) in [5.74, 6) is 0.808. The molecule has 1 aromatic rings. The first-order valence-electron chi connectivity index (χ1n) is 7.67. The van der Waals surface area contributed by atoms with Crippen LogP contribution in [-0.2, 0) is 11.3 Å². The molecule has 1 fully saturated rings. The smallest absolute Gasteiger partial charge is 0.222 e. The van der Waals surface area contributed by atoms with Gasteiger partial charge in [-0.15, -0.1) is 11.6 Å². The van der Waals surface area contributed by atoms with Crippen LogP contribution in [0, 0.1) is 13.8 Å². The normalized spacial score (nSPS) is 16.4. The van der Waals surface area contributed by atoms with E-state index < -0.39 is 0 Å². The number of hydrogen-bond acceptors (Lipinski definition) is 3. The van der Waals surface area contributed by atoms with Crippen molar-refractivity contribution in [3.05, 3.63) is 17.5 Å². The largest absolute Gasteiger partial charge is 0.340 e. The number of amides is 1. The fourth-order valence-electron chi connectivity index (χ4n) is 2.73. The lowest BCUT2D eigenvalue weighted by Crippen LogP contribution is -2.49. The summed E-state index contributed by atoms with van der Waals surface area (Å²) in [7, 11) is 0. The molecule has 6 heteroatoms. The van der Waals surface area contributed by atoms with Gasteiger partial charge in [-0.05, 0) is 26.3 Å². The fourth-order valence-corrected chi connectivity index (χ4v) is 2.87. The molecule has 0 bridgehead atoms. The zero-order valence-electron chi connectivity index (χ0n) is 13.0.